The third kappa shape index (κ3) is 3.07. The van der Waals surface area contributed by atoms with Crippen molar-refractivity contribution in [1.29, 1.82) is 0 Å². The van der Waals surface area contributed by atoms with E-state index in [9.17, 15) is 0 Å². The molecule has 18 heavy (non-hydrogen) atoms. The molecule has 0 fully saturated rings. The molecule has 0 heterocycles. The Labute approximate surface area is 112 Å². The van der Waals surface area contributed by atoms with E-state index in [0.717, 1.165) is 5.75 Å². The average molecular weight is 244 g/mol. The predicted octanol–water partition coefficient (Wildman–Crippen LogP) is 4.47. The van der Waals surface area contributed by atoms with Gasteiger partial charge in [0, 0.05) is 5.92 Å². The minimum absolute atomic E-state index is 0.381. The van der Waals surface area contributed by atoms with Gasteiger partial charge in [0.05, 0.1) is 6.61 Å². The fourth-order valence-electron chi connectivity index (χ4n) is 2.24. The fourth-order valence-corrected chi connectivity index (χ4v) is 2.24. The Morgan fingerprint density at radius 1 is 1.17 bits per heavy atom. The molecule has 2 atom stereocenters. The highest BCUT2D eigenvalue weighted by Crippen LogP contribution is 2.32. The van der Waals surface area contributed by atoms with Crippen LogP contribution in [0.4, 0.5) is 0 Å². The van der Waals surface area contributed by atoms with Crippen LogP contribution in [-0.2, 0) is 0 Å². The maximum absolute atomic E-state index is 5.63. The van der Waals surface area contributed by atoms with E-state index in [0.29, 0.717) is 18.4 Å². The van der Waals surface area contributed by atoms with Gasteiger partial charge >= 0.3 is 0 Å². The van der Waals surface area contributed by atoms with Gasteiger partial charge in [-0.1, -0.05) is 25.8 Å². The van der Waals surface area contributed by atoms with Gasteiger partial charge in [0.25, 0.3) is 0 Å². The van der Waals surface area contributed by atoms with E-state index >= 15 is 0 Å². The van der Waals surface area contributed by atoms with Crippen molar-refractivity contribution in [3.05, 3.63) is 28.8 Å². The molecule has 0 N–H and O–H groups in total. The summed E-state index contributed by atoms with van der Waals surface area (Å²) in [7, 11) is 0. The normalized spacial score (nSPS) is 13.4. The Morgan fingerprint density at radius 3 is 2.39 bits per heavy atom. The molecule has 0 spiro atoms. The van der Waals surface area contributed by atoms with Gasteiger partial charge < -0.3 is 4.74 Å². The van der Waals surface area contributed by atoms with E-state index in [1.54, 1.807) is 0 Å². The second kappa shape index (κ2) is 6.50. The van der Waals surface area contributed by atoms with Gasteiger partial charge in [0.15, 0.2) is 0 Å². The quantitative estimate of drug-likeness (QED) is 0.710. The molecule has 0 radical (unpaired) electrons. The van der Waals surface area contributed by atoms with Crippen LogP contribution in [0.5, 0.6) is 5.75 Å². The van der Waals surface area contributed by atoms with Crippen LogP contribution in [-0.4, -0.2) is 6.61 Å². The first-order chi connectivity index (χ1) is 8.52. The topological polar surface area (TPSA) is 9.23 Å². The Bertz CT molecular complexity index is 462. The van der Waals surface area contributed by atoms with Crippen molar-refractivity contribution in [2.75, 3.05) is 6.61 Å². The lowest BCUT2D eigenvalue weighted by Crippen LogP contribution is -2.07. The third-order valence-electron chi connectivity index (χ3n) is 3.69. The largest absolute Gasteiger partial charge is 0.494 e. The molecule has 2 unspecified atom stereocenters. The molecular formula is C17H24O. The standard InChI is InChI=1S/C17H24O/c1-7-9-12(3)13(4)16-10-11-17(18-8-2)15(6)14(16)5/h10-13H,8H2,1-6H3. The zero-order valence-corrected chi connectivity index (χ0v) is 12.4. The van der Waals surface area contributed by atoms with Gasteiger partial charge in [-0.25, -0.2) is 0 Å². The van der Waals surface area contributed by atoms with Crippen LogP contribution in [0, 0.1) is 31.6 Å². The SMILES string of the molecule is CC#CC(C)C(C)c1ccc(OCC)c(C)c1C. The highest BCUT2D eigenvalue weighted by Gasteiger charge is 2.16. The maximum atomic E-state index is 5.63. The van der Waals surface area contributed by atoms with Crippen LogP contribution >= 0.6 is 0 Å². The summed E-state index contributed by atoms with van der Waals surface area (Å²) < 4.78 is 5.63. The summed E-state index contributed by atoms with van der Waals surface area (Å²) in [4.78, 5) is 0. The summed E-state index contributed by atoms with van der Waals surface area (Å²) in [6.45, 7) is 13.4. The first kappa shape index (κ1) is 14.6. The van der Waals surface area contributed by atoms with E-state index in [1.165, 1.54) is 16.7 Å². The second-order valence-corrected chi connectivity index (χ2v) is 4.81. The first-order valence-corrected chi connectivity index (χ1v) is 6.68. The number of benzene rings is 1. The number of rotatable bonds is 4. The molecule has 0 aliphatic carbocycles. The highest BCUT2D eigenvalue weighted by molar-refractivity contribution is 5.45. The van der Waals surface area contributed by atoms with E-state index in [4.69, 9.17) is 4.74 Å². The predicted molar refractivity (Wildman–Crippen MR) is 78.1 cm³/mol. The van der Waals surface area contributed by atoms with Gasteiger partial charge in [-0.05, 0) is 56.4 Å². The molecule has 1 rings (SSSR count). The average Bonchev–Trinajstić information content (AvgIpc) is 2.35. The number of hydrogen-bond donors (Lipinski definition) is 0. The first-order valence-electron chi connectivity index (χ1n) is 6.68. The lowest BCUT2D eigenvalue weighted by atomic mass is 9.85. The lowest BCUT2D eigenvalue weighted by molar-refractivity contribution is 0.337. The van der Waals surface area contributed by atoms with Crippen molar-refractivity contribution in [2.45, 2.75) is 47.5 Å². The molecular weight excluding hydrogens is 220 g/mol. The summed E-state index contributed by atoms with van der Waals surface area (Å²) in [5, 5.41) is 0. The zero-order chi connectivity index (χ0) is 13.7. The molecule has 98 valence electrons. The molecule has 0 aromatic heterocycles. The molecule has 0 aliphatic rings. The van der Waals surface area contributed by atoms with Crippen molar-refractivity contribution >= 4 is 0 Å². The monoisotopic (exact) mass is 244 g/mol. The summed E-state index contributed by atoms with van der Waals surface area (Å²) in [5.41, 5.74) is 3.96. The summed E-state index contributed by atoms with van der Waals surface area (Å²) in [6.07, 6.45) is 0. The molecule has 1 heteroatoms. The van der Waals surface area contributed by atoms with Gasteiger partial charge in [-0.2, -0.15) is 0 Å². The number of ether oxygens (including phenoxy) is 1. The van der Waals surface area contributed by atoms with Gasteiger partial charge in [0.1, 0.15) is 5.75 Å². The third-order valence-corrected chi connectivity index (χ3v) is 3.69. The maximum Gasteiger partial charge on any atom is 0.122 e. The second-order valence-electron chi connectivity index (χ2n) is 4.81. The van der Waals surface area contributed by atoms with Crippen LogP contribution in [0.25, 0.3) is 0 Å². The van der Waals surface area contributed by atoms with Crippen molar-refractivity contribution in [1.82, 2.24) is 0 Å². The highest BCUT2D eigenvalue weighted by atomic mass is 16.5. The van der Waals surface area contributed by atoms with E-state index in [1.807, 2.05) is 13.8 Å². The van der Waals surface area contributed by atoms with Crippen LogP contribution < -0.4 is 4.74 Å². The van der Waals surface area contributed by atoms with Crippen molar-refractivity contribution < 1.29 is 4.74 Å². The fraction of sp³-hybridized carbons (Fsp3) is 0.529. The molecule has 0 aliphatic heterocycles. The number of hydrogen-bond acceptors (Lipinski definition) is 1. The molecule has 0 amide bonds. The molecule has 1 aromatic rings. The Balaban J connectivity index is 3.10. The molecule has 1 aromatic carbocycles. The molecule has 1 nitrogen and oxygen atoms in total. The van der Waals surface area contributed by atoms with Crippen molar-refractivity contribution in [3.8, 4) is 17.6 Å². The molecule has 0 saturated heterocycles. The zero-order valence-electron chi connectivity index (χ0n) is 12.4. The Morgan fingerprint density at radius 2 is 1.83 bits per heavy atom. The molecule has 0 saturated carbocycles. The molecule has 0 bridgehead atoms. The van der Waals surface area contributed by atoms with Crippen molar-refractivity contribution in [3.63, 3.8) is 0 Å². The minimum Gasteiger partial charge on any atom is -0.494 e. The van der Waals surface area contributed by atoms with E-state index < -0.39 is 0 Å². The summed E-state index contributed by atoms with van der Waals surface area (Å²) in [6, 6.07) is 4.27. The lowest BCUT2D eigenvalue weighted by Gasteiger charge is -2.20. The Kier molecular flexibility index (Phi) is 5.28. The summed E-state index contributed by atoms with van der Waals surface area (Å²) >= 11 is 0. The van der Waals surface area contributed by atoms with Crippen LogP contribution in [0.1, 0.15) is 50.3 Å². The van der Waals surface area contributed by atoms with Gasteiger partial charge in [-0.3, -0.25) is 0 Å². The van der Waals surface area contributed by atoms with Gasteiger partial charge in [-0.15, -0.1) is 5.92 Å². The van der Waals surface area contributed by atoms with E-state index in [-0.39, 0.29) is 0 Å². The van der Waals surface area contributed by atoms with Crippen LogP contribution in [0.2, 0.25) is 0 Å². The Hall–Kier alpha value is -1.42. The van der Waals surface area contributed by atoms with Crippen molar-refractivity contribution in [2.24, 2.45) is 5.92 Å². The van der Waals surface area contributed by atoms with E-state index in [2.05, 4.69) is 51.7 Å². The van der Waals surface area contributed by atoms with Gasteiger partial charge in [0.2, 0.25) is 0 Å². The van der Waals surface area contributed by atoms with Crippen LogP contribution in [0.3, 0.4) is 0 Å². The summed E-state index contributed by atoms with van der Waals surface area (Å²) in [5.74, 6) is 8.09. The smallest absolute Gasteiger partial charge is 0.122 e. The minimum atomic E-state index is 0.381. The van der Waals surface area contributed by atoms with Crippen LogP contribution in [0.15, 0.2) is 12.1 Å².